The third kappa shape index (κ3) is 3.02. The fourth-order valence-corrected chi connectivity index (χ4v) is 6.80. The SMILES string of the molecule is CCOc1ncccc1C(=O)Nc1nnc(C23CC4CC(CC(C4)C2)C3)s1. The minimum absolute atomic E-state index is 0.209. The summed E-state index contributed by atoms with van der Waals surface area (Å²) in [6.07, 6.45) is 9.59. The number of hydrogen-bond donors (Lipinski definition) is 1. The fraction of sp³-hybridized carbons (Fsp3) is 0.600. The Bertz CT molecular complexity index is 830. The minimum Gasteiger partial charge on any atom is -0.477 e. The Labute approximate surface area is 162 Å². The first kappa shape index (κ1) is 17.1. The summed E-state index contributed by atoms with van der Waals surface area (Å²) in [6.45, 7) is 2.34. The number of ether oxygens (including phenoxy) is 1. The van der Waals surface area contributed by atoms with Gasteiger partial charge in [-0.2, -0.15) is 0 Å². The Morgan fingerprint density at radius 3 is 2.59 bits per heavy atom. The van der Waals surface area contributed by atoms with Gasteiger partial charge in [0.1, 0.15) is 10.6 Å². The van der Waals surface area contributed by atoms with Crippen LogP contribution in [0.25, 0.3) is 0 Å². The highest BCUT2D eigenvalue weighted by Gasteiger charge is 2.53. The number of aromatic nitrogens is 3. The molecule has 1 N–H and O–H groups in total. The second kappa shape index (κ2) is 6.55. The van der Waals surface area contributed by atoms with Gasteiger partial charge in [-0.15, -0.1) is 10.2 Å². The van der Waals surface area contributed by atoms with E-state index in [9.17, 15) is 4.79 Å². The van der Waals surface area contributed by atoms with E-state index in [0.717, 1.165) is 22.8 Å². The Morgan fingerprint density at radius 1 is 1.22 bits per heavy atom. The number of pyridine rings is 1. The van der Waals surface area contributed by atoms with Gasteiger partial charge in [0.25, 0.3) is 5.91 Å². The van der Waals surface area contributed by atoms with E-state index in [0.29, 0.717) is 23.2 Å². The van der Waals surface area contributed by atoms with Gasteiger partial charge in [0.15, 0.2) is 0 Å². The number of carbonyl (C=O) groups is 1. The van der Waals surface area contributed by atoms with Crippen molar-refractivity contribution in [1.29, 1.82) is 0 Å². The Morgan fingerprint density at radius 2 is 1.93 bits per heavy atom. The first-order valence-corrected chi connectivity index (χ1v) is 10.7. The van der Waals surface area contributed by atoms with E-state index in [2.05, 4.69) is 20.5 Å². The van der Waals surface area contributed by atoms with Crippen LogP contribution in [0.1, 0.15) is 60.8 Å². The molecule has 0 atom stereocenters. The number of rotatable bonds is 5. The van der Waals surface area contributed by atoms with Gasteiger partial charge in [-0.05, 0) is 75.3 Å². The summed E-state index contributed by atoms with van der Waals surface area (Å²) in [6, 6.07) is 3.45. The molecule has 0 saturated heterocycles. The molecular formula is C20H24N4O2S. The minimum atomic E-state index is -0.250. The molecule has 4 saturated carbocycles. The second-order valence-corrected chi connectivity index (χ2v) is 9.33. The maximum absolute atomic E-state index is 12.7. The van der Waals surface area contributed by atoms with Gasteiger partial charge in [-0.25, -0.2) is 4.98 Å². The molecule has 27 heavy (non-hydrogen) atoms. The lowest BCUT2D eigenvalue weighted by Gasteiger charge is -2.55. The van der Waals surface area contributed by atoms with Crippen molar-refractivity contribution >= 4 is 22.4 Å². The van der Waals surface area contributed by atoms with Crippen LogP contribution < -0.4 is 10.1 Å². The van der Waals surface area contributed by atoms with Gasteiger partial charge in [0.2, 0.25) is 11.0 Å². The molecule has 4 aliphatic carbocycles. The molecule has 0 aliphatic heterocycles. The van der Waals surface area contributed by atoms with E-state index in [1.165, 1.54) is 38.5 Å². The summed E-state index contributed by atoms with van der Waals surface area (Å²) in [5.74, 6) is 2.69. The first-order valence-electron chi connectivity index (χ1n) is 9.88. The number of nitrogens with zero attached hydrogens (tertiary/aromatic N) is 3. The topological polar surface area (TPSA) is 77.0 Å². The highest BCUT2D eigenvalue weighted by Crippen LogP contribution is 2.61. The molecule has 6 nitrogen and oxygen atoms in total. The van der Waals surface area contributed by atoms with Gasteiger partial charge in [-0.1, -0.05) is 11.3 Å². The number of amides is 1. The van der Waals surface area contributed by atoms with Crippen molar-refractivity contribution < 1.29 is 9.53 Å². The zero-order valence-corrected chi connectivity index (χ0v) is 16.3. The van der Waals surface area contributed by atoms with Crippen LogP contribution in [0.2, 0.25) is 0 Å². The smallest absolute Gasteiger partial charge is 0.262 e. The molecule has 2 aromatic rings. The van der Waals surface area contributed by atoms with Crippen molar-refractivity contribution in [3.05, 3.63) is 28.9 Å². The molecule has 4 aliphatic rings. The van der Waals surface area contributed by atoms with Crippen LogP contribution in [-0.2, 0) is 5.41 Å². The van der Waals surface area contributed by atoms with Crippen LogP contribution in [0.3, 0.4) is 0 Å². The zero-order chi connectivity index (χ0) is 18.4. The summed E-state index contributed by atoms with van der Waals surface area (Å²) < 4.78 is 5.46. The van der Waals surface area contributed by atoms with Crippen LogP contribution in [0.5, 0.6) is 5.88 Å². The third-order valence-electron chi connectivity index (χ3n) is 6.43. The summed E-state index contributed by atoms with van der Waals surface area (Å²) >= 11 is 1.55. The lowest BCUT2D eigenvalue weighted by molar-refractivity contribution is -0.00555. The molecule has 2 aromatic heterocycles. The van der Waals surface area contributed by atoms with E-state index in [4.69, 9.17) is 4.74 Å². The molecule has 0 spiro atoms. The van der Waals surface area contributed by atoms with Crippen molar-refractivity contribution in [1.82, 2.24) is 15.2 Å². The van der Waals surface area contributed by atoms with Gasteiger partial charge in [-0.3, -0.25) is 10.1 Å². The average Bonchev–Trinajstić information content (AvgIpc) is 3.11. The van der Waals surface area contributed by atoms with Crippen LogP contribution >= 0.6 is 11.3 Å². The van der Waals surface area contributed by atoms with E-state index >= 15 is 0 Å². The largest absolute Gasteiger partial charge is 0.477 e. The molecule has 0 aromatic carbocycles. The zero-order valence-electron chi connectivity index (χ0n) is 15.5. The second-order valence-electron chi connectivity index (χ2n) is 8.35. The fourth-order valence-electron chi connectivity index (χ4n) is 5.84. The van der Waals surface area contributed by atoms with Gasteiger partial charge in [0, 0.05) is 11.6 Å². The predicted molar refractivity (Wildman–Crippen MR) is 103 cm³/mol. The number of hydrogen-bond acceptors (Lipinski definition) is 6. The summed E-state index contributed by atoms with van der Waals surface area (Å²) in [5.41, 5.74) is 0.631. The molecule has 6 rings (SSSR count). The monoisotopic (exact) mass is 384 g/mol. The first-order chi connectivity index (χ1) is 13.1. The van der Waals surface area contributed by atoms with E-state index in [1.54, 1.807) is 29.7 Å². The summed E-state index contributed by atoms with van der Waals surface area (Å²) in [5, 5.41) is 13.4. The molecule has 7 heteroatoms. The molecule has 142 valence electrons. The Kier molecular flexibility index (Phi) is 4.15. The number of anilines is 1. The molecular weight excluding hydrogens is 360 g/mol. The van der Waals surface area contributed by atoms with Crippen molar-refractivity contribution in [2.75, 3.05) is 11.9 Å². The van der Waals surface area contributed by atoms with E-state index in [-0.39, 0.29) is 11.3 Å². The summed E-state index contributed by atoms with van der Waals surface area (Å²) in [4.78, 5) is 16.8. The van der Waals surface area contributed by atoms with Crippen molar-refractivity contribution in [3.8, 4) is 5.88 Å². The van der Waals surface area contributed by atoms with Crippen LogP contribution in [0.15, 0.2) is 18.3 Å². The van der Waals surface area contributed by atoms with Crippen molar-refractivity contribution in [2.45, 2.75) is 50.9 Å². The Balaban J connectivity index is 1.35. The van der Waals surface area contributed by atoms with Crippen molar-refractivity contribution in [2.24, 2.45) is 17.8 Å². The van der Waals surface area contributed by atoms with Gasteiger partial charge < -0.3 is 4.74 Å². The lowest BCUT2D eigenvalue weighted by atomic mass is 9.50. The molecule has 2 heterocycles. The molecule has 0 unspecified atom stereocenters. The van der Waals surface area contributed by atoms with Crippen LogP contribution in [0.4, 0.5) is 5.13 Å². The number of nitrogens with one attached hydrogen (secondary N) is 1. The third-order valence-corrected chi connectivity index (χ3v) is 7.52. The lowest BCUT2D eigenvalue weighted by Crippen LogP contribution is -2.48. The highest BCUT2D eigenvalue weighted by atomic mass is 32.1. The number of carbonyl (C=O) groups excluding carboxylic acids is 1. The summed E-state index contributed by atoms with van der Waals surface area (Å²) in [7, 11) is 0. The average molecular weight is 385 g/mol. The van der Waals surface area contributed by atoms with E-state index < -0.39 is 0 Å². The molecule has 4 fully saturated rings. The maximum Gasteiger partial charge on any atom is 0.262 e. The standard InChI is InChI=1S/C20H24N4O2S/c1-2-26-17-15(4-3-5-21-17)16(25)22-19-24-23-18(27-19)20-9-12-6-13(10-20)8-14(7-12)11-20/h3-5,12-14H,2,6-11H2,1H3,(H,22,24,25). The van der Waals surface area contributed by atoms with Gasteiger partial charge in [0.05, 0.1) is 6.61 Å². The Hall–Kier alpha value is -2.02. The molecule has 4 bridgehead atoms. The molecule has 1 amide bonds. The quantitative estimate of drug-likeness (QED) is 0.841. The highest BCUT2D eigenvalue weighted by molar-refractivity contribution is 7.15. The van der Waals surface area contributed by atoms with Crippen LogP contribution in [-0.4, -0.2) is 27.7 Å². The predicted octanol–water partition coefficient (Wildman–Crippen LogP) is 4.05. The normalized spacial score (nSPS) is 31.1. The van der Waals surface area contributed by atoms with Crippen LogP contribution in [0, 0.1) is 17.8 Å². The maximum atomic E-state index is 12.7. The van der Waals surface area contributed by atoms with Crippen molar-refractivity contribution in [3.63, 3.8) is 0 Å². The van der Waals surface area contributed by atoms with Gasteiger partial charge >= 0.3 is 0 Å². The molecule has 0 radical (unpaired) electrons. The van der Waals surface area contributed by atoms with E-state index in [1.807, 2.05) is 6.92 Å².